The molecule has 6 nitrogen and oxygen atoms in total. The van der Waals surface area contributed by atoms with Gasteiger partial charge in [-0.2, -0.15) is 0 Å². The number of fused-ring (bicyclic) bond motifs is 1. The highest BCUT2D eigenvalue weighted by atomic mass is 16.5. The Labute approximate surface area is 146 Å². The van der Waals surface area contributed by atoms with Gasteiger partial charge in [-0.15, -0.1) is 10.2 Å². The minimum absolute atomic E-state index is 0.0102. The number of aromatic nitrogens is 3. The number of ether oxygens (including phenoxy) is 1. The number of likely N-dealkylation sites (tertiary alicyclic amines) is 1. The number of carbonyl (C=O) groups is 1. The van der Waals surface area contributed by atoms with Gasteiger partial charge in [-0.1, -0.05) is 18.2 Å². The molecule has 1 saturated heterocycles. The average molecular weight is 336 g/mol. The summed E-state index contributed by atoms with van der Waals surface area (Å²) < 4.78 is 7.36. The Bertz CT molecular complexity index is 905. The van der Waals surface area contributed by atoms with Crippen LogP contribution in [0.3, 0.4) is 0 Å². The van der Waals surface area contributed by atoms with Crippen LogP contribution in [0.1, 0.15) is 34.9 Å². The molecule has 0 aliphatic carbocycles. The molecular formula is C19H20N4O2. The van der Waals surface area contributed by atoms with Crippen molar-refractivity contribution in [2.24, 2.45) is 0 Å². The highest BCUT2D eigenvalue weighted by Gasteiger charge is 2.29. The molecule has 4 rings (SSSR count). The van der Waals surface area contributed by atoms with Crippen molar-refractivity contribution in [1.82, 2.24) is 19.5 Å². The molecule has 1 aliphatic heterocycles. The summed E-state index contributed by atoms with van der Waals surface area (Å²) in [6, 6.07) is 13.2. The molecule has 0 unspecified atom stereocenters. The molecule has 3 heterocycles. The van der Waals surface area contributed by atoms with E-state index in [1.54, 1.807) is 7.11 Å². The van der Waals surface area contributed by atoms with Crippen LogP contribution in [0.15, 0.2) is 48.7 Å². The Morgan fingerprint density at radius 2 is 2.00 bits per heavy atom. The fourth-order valence-electron chi connectivity index (χ4n) is 3.50. The third kappa shape index (κ3) is 2.84. The summed E-state index contributed by atoms with van der Waals surface area (Å²) in [5.74, 6) is 1.73. The largest absolute Gasteiger partial charge is 0.496 e. The van der Waals surface area contributed by atoms with Crippen molar-refractivity contribution in [2.45, 2.75) is 18.8 Å². The molecule has 1 atom stereocenters. The summed E-state index contributed by atoms with van der Waals surface area (Å²) in [5.41, 5.74) is 1.45. The lowest BCUT2D eigenvalue weighted by atomic mass is 9.96. The highest BCUT2D eigenvalue weighted by molar-refractivity contribution is 5.97. The van der Waals surface area contributed by atoms with Crippen molar-refractivity contribution in [3.8, 4) is 5.75 Å². The third-order valence-electron chi connectivity index (χ3n) is 4.75. The molecule has 25 heavy (non-hydrogen) atoms. The molecule has 0 radical (unpaired) electrons. The van der Waals surface area contributed by atoms with Crippen molar-refractivity contribution < 1.29 is 9.53 Å². The van der Waals surface area contributed by atoms with E-state index in [4.69, 9.17) is 4.74 Å². The quantitative estimate of drug-likeness (QED) is 0.738. The molecule has 0 N–H and O–H groups in total. The van der Waals surface area contributed by atoms with Crippen molar-refractivity contribution in [3.05, 3.63) is 60.0 Å². The molecule has 0 saturated carbocycles. The lowest BCUT2D eigenvalue weighted by Gasteiger charge is -2.32. The number of benzene rings is 1. The number of methoxy groups -OCH3 is 1. The van der Waals surface area contributed by atoms with Crippen LogP contribution in [0.25, 0.3) is 5.65 Å². The van der Waals surface area contributed by atoms with E-state index in [1.165, 1.54) is 0 Å². The summed E-state index contributed by atoms with van der Waals surface area (Å²) in [7, 11) is 1.59. The molecule has 1 aromatic carbocycles. The molecule has 2 aromatic heterocycles. The Hall–Kier alpha value is -2.89. The maximum absolute atomic E-state index is 13.0. The van der Waals surface area contributed by atoms with E-state index in [-0.39, 0.29) is 11.8 Å². The lowest BCUT2D eigenvalue weighted by Crippen LogP contribution is -2.39. The van der Waals surface area contributed by atoms with Gasteiger partial charge in [-0.3, -0.25) is 9.20 Å². The van der Waals surface area contributed by atoms with Crippen LogP contribution in [0.2, 0.25) is 0 Å². The number of hydrogen-bond acceptors (Lipinski definition) is 4. The normalized spacial score (nSPS) is 17.6. The van der Waals surface area contributed by atoms with E-state index < -0.39 is 0 Å². The number of amides is 1. The first-order chi connectivity index (χ1) is 12.3. The lowest BCUT2D eigenvalue weighted by molar-refractivity contribution is 0.0701. The zero-order valence-electron chi connectivity index (χ0n) is 14.1. The van der Waals surface area contributed by atoms with Crippen LogP contribution in [0, 0.1) is 0 Å². The summed E-state index contributed by atoms with van der Waals surface area (Å²) in [4.78, 5) is 14.9. The number of carbonyl (C=O) groups excluding carboxylic acids is 1. The monoisotopic (exact) mass is 336 g/mol. The number of nitrogens with zero attached hydrogens (tertiary/aromatic N) is 4. The second kappa shape index (κ2) is 6.55. The molecule has 1 amide bonds. The second-order valence-corrected chi connectivity index (χ2v) is 6.28. The maximum atomic E-state index is 13.0. The minimum Gasteiger partial charge on any atom is -0.496 e. The van der Waals surface area contributed by atoms with Gasteiger partial charge in [-0.25, -0.2) is 0 Å². The van der Waals surface area contributed by atoms with Crippen LogP contribution >= 0.6 is 0 Å². The molecule has 0 bridgehead atoms. The first-order valence-electron chi connectivity index (χ1n) is 8.50. The van der Waals surface area contributed by atoms with Crippen molar-refractivity contribution in [2.75, 3.05) is 20.2 Å². The van der Waals surface area contributed by atoms with Gasteiger partial charge in [0.25, 0.3) is 5.91 Å². The summed E-state index contributed by atoms with van der Waals surface area (Å²) >= 11 is 0. The van der Waals surface area contributed by atoms with Crippen LogP contribution in [0.4, 0.5) is 0 Å². The van der Waals surface area contributed by atoms with E-state index in [0.717, 1.165) is 30.9 Å². The standard InChI is InChI=1S/C19H20N4O2/c1-25-16-9-3-2-8-15(16)19(24)22-11-6-7-14(13-22)18-21-20-17-10-4-5-12-23(17)18/h2-5,8-10,12,14H,6-7,11,13H2,1H3/t14-/m1/s1. The summed E-state index contributed by atoms with van der Waals surface area (Å²) in [6.07, 6.45) is 3.93. The zero-order valence-corrected chi connectivity index (χ0v) is 14.1. The molecule has 3 aromatic rings. The van der Waals surface area contributed by atoms with E-state index in [0.29, 0.717) is 17.9 Å². The van der Waals surface area contributed by atoms with Crippen LogP contribution in [0.5, 0.6) is 5.75 Å². The van der Waals surface area contributed by atoms with Crippen molar-refractivity contribution >= 4 is 11.6 Å². The van der Waals surface area contributed by atoms with Gasteiger partial charge in [0.1, 0.15) is 11.6 Å². The highest BCUT2D eigenvalue weighted by Crippen LogP contribution is 2.28. The number of para-hydroxylation sites is 1. The Morgan fingerprint density at radius 3 is 2.88 bits per heavy atom. The van der Waals surface area contributed by atoms with Crippen molar-refractivity contribution in [1.29, 1.82) is 0 Å². The van der Waals surface area contributed by atoms with Gasteiger partial charge >= 0.3 is 0 Å². The van der Waals surface area contributed by atoms with Gasteiger partial charge in [0.15, 0.2) is 5.65 Å². The van der Waals surface area contributed by atoms with Crippen LogP contribution in [-0.2, 0) is 0 Å². The van der Waals surface area contributed by atoms with Crippen molar-refractivity contribution in [3.63, 3.8) is 0 Å². The van der Waals surface area contributed by atoms with Gasteiger partial charge < -0.3 is 9.64 Å². The fourth-order valence-corrected chi connectivity index (χ4v) is 3.50. The SMILES string of the molecule is COc1ccccc1C(=O)N1CCC[C@@H](c2nnc3ccccn23)C1. The predicted octanol–water partition coefficient (Wildman–Crippen LogP) is 2.76. The Balaban J connectivity index is 1.60. The third-order valence-corrected chi connectivity index (χ3v) is 4.75. The second-order valence-electron chi connectivity index (χ2n) is 6.28. The molecule has 1 fully saturated rings. The average Bonchev–Trinajstić information content (AvgIpc) is 3.11. The van der Waals surface area contributed by atoms with Gasteiger partial charge in [0.05, 0.1) is 12.7 Å². The molecular weight excluding hydrogens is 316 g/mol. The first kappa shape index (κ1) is 15.6. The Morgan fingerprint density at radius 1 is 1.16 bits per heavy atom. The van der Waals surface area contributed by atoms with Gasteiger partial charge in [0.2, 0.25) is 0 Å². The summed E-state index contributed by atoms with van der Waals surface area (Å²) in [5, 5.41) is 8.61. The first-order valence-corrected chi connectivity index (χ1v) is 8.50. The smallest absolute Gasteiger partial charge is 0.257 e. The topological polar surface area (TPSA) is 59.7 Å². The van der Waals surface area contributed by atoms with E-state index in [9.17, 15) is 4.79 Å². The molecule has 128 valence electrons. The maximum Gasteiger partial charge on any atom is 0.257 e. The number of pyridine rings is 1. The van der Waals surface area contributed by atoms with Crippen LogP contribution < -0.4 is 4.74 Å². The van der Waals surface area contributed by atoms with E-state index in [2.05, 4.69) is 10.2 Å². The zero-order chi connectivity index (χ0) is 17.2. The fraction of sp³-hybridized carbons (Fsp3) is 0.316. The minimum atomic E-state index is 0.0102. The van der Waals surface area contributed by atoms with E-state index >= 15 is 0 Å². The van der Waals surface area contributed by atoms with Gasteiger partial charge in [-0.05, 0) is 37.1 Å². The van der Waals surface area contributed by atoms with Gasteiger partial charge in [0, 0.05) is 25.2 Å². The summed E-state index contributed by atoms with van der Waals surface area (Å²) in [6.45, 7) is 1.40. The van der Waals surface area contributed by atoms with E-state index in [1.807, 2.05) is 58.0 Å². The predicted molar refractivity (Wildman–Crippen MR) is 93.9 cm³/mol. The molecule has 0 spiro atoms. The molecule has 6 heteroatoms. The number of rotatable bonds is 3. The van der Waals surface area contributed by atoms with Crippen LogP contribution in [-0.4, -0.2) is 45.6 Å². The Kier molecular flexibility index (Phi) is 4.09. The number of piperidine rings is 1. The number of hydrogen-bond donors (Lipinski definition) is 0. The molecule has 1 aliphatic rings.